The average molecular weight is 390 g/mol. The summed E-state index contributed by atoms with van der Waals surface area (Å²) in [6.07, 6.45) is 1.47. The Morgan fingerprint density at radius 2 is 1.54 bits per heavy atom. The predicted octanol–water partition coefficient (Wildman–Crippen LogP) is 4.12. The molecule has 0 aliphatic carbocycles. The molecule has 0 aliphatic heterocycles. The molecular weight excluding hydrogens is 367 g/mol. The van der Waals surface area contributed by atoms with Crippen molar-refractivity contribution in [3.8, 4) is 23.0 Å². The third-order valence-corrected chi connectivity index (χ3v) is 3.92. The van der Waals surface area contributed by atoms with Gasteiger partial charge in [0.05, 0.1) is 35.0 Å². The van der Waals surface area contributed by atoms with Crippen LogP contribution in [0.5, 0.6) is 23.0 Å². The Morgan fingerprint density at radius 3 is 2.00 bits per heavy atom. The third kappa shape index (κ3) is 4.54. The number of allylic oxidation sites excluding steroid dienone is 1. The zero-order valence-electron chi connectivity index (χ0n) is 16.5. The lowest BCUT2D eigenvalue weighted by Crippen LogP contribution is -2.08. The van der Waals surface area contributed by atoms with Gasteiger partial charge in [0.25, 0.3) is 0 Å². The number of hydrogen-bond donors (Lipinski definition) is 0. The first kappa shape index (κ1) is 21.1. The highest BCUT2D eigenvalue weighted by Gasteiger charge is 2.20. The summed E-state index contributed by atoms with van der Waals surface area (Å²) < 4.78 is 40.2. The molecule has 0 aromatic heterocycles. The van der Waals surface area contributed by atoms with Gasteiger partial charge in [-0.2, -0.15) is 0 Å². The minimum atomic E-state index is -0.535. The first-order chi connectivity index (χ1) is 13.5. The SMILES string of the molecule is CCOC(=Cc1ccc(OC)c(F)c1)C(=O)c1cc(OC)c(OC)c(OC)c1. The van der Waals surface area contributed by atoms with Gasteiger partial charge in [-0.3, -0.25) is 4.79 Å². The normalized spacial score (nSPS) is 11.0. The van der Waals surface area contributed by atoms with Crippen molar-refractivity contribution in [1.82, 2.24) is 0 Å². The molecular formula is C21H23FO6. The molecule has 0 N–H and O–H groups in total. The lowest BCUT2D eigenvalue weighted by molar-refractivity contribution is 0.0930. The molecule has 0 unspecified atom stereocenters. The number of benzene rings is 2. The fourth-order valence-corrected chi connectivity index (χ4v) is 2.61. The van der Waals surface area contributed by atoms with Gasteiger partial charge in [-0.25, -0.2) is 4.39 Å². The summed E-state index contributed by atoms with van der Waals surface area (Å²) in [6.45, 7) is 2.02. The fourth-order valence-electron chi connectivity index (χ4n) is 2.61. The number of carbonyl (C=O) groups excluding carboxylic acids is 1. The summed E-state index contributed by atoms with van der Waals surface area (Å²) >= 11 is 0. The number of methoxy groups -OCH3 is 4. The largest absolute Gasteiger partial charge is 0.494 e. The second kappa shape index (κ2) is 9.64. The van der Waals surface area contributed by atoms with E-state index < -0.39 is 11.6 Å². The molecule has 0 spiro atoms. The minimum absolute atomic E-state index is 0.0568. The molecule has 0 aliphatic rings. The van der Waals surface area contributed by atoms with E-state index in [0.29, 0.717) is 22.8 Å². The second-order valence-electron chi connectivity index (χ2n) is 5.58. The van der Waals surface area contributed by atoms with E-state index in [1.165, 1.54) is 58.8 Å². The highest BCUT2D eigenvalue weighted by Crippen LogP contribution is 2.38. The van der Waals surface area contributed by atoms with Crippen molar-refractivity contribution in [3.63, 3.8) is 0 Å². The first-order valence-corrected chi connectivity index (χ1v) is 8.51. The van der Waals surface area contributed by atoms with Crippen LogP contribution in [0.3, 0.4) is 0 Å². The van der Waals surface area contributed by atoms with Crippen molar-refractivity contribution in [3.05, 3.63) is 53.0 Å². The van der Waals surface area contributed by atoms with Crippen LogP contribution in [-0.2, 0) is 4.74 Å². The van der Waals surface area contributed by atoms with Gasteiger partial charge in [0.2, 0.25) is 11.5 Å². The standard InChI is InChI=1S/C21H23FO6/c1-6-28-17(10-13-7-8-16(24-2)15(22)9-13)20(23)14-11-18(25-3)21(27-5)19(12-14)26-4/h7-12H,6H2,1-5H3. The van der Waals surface area contributed by atoms with Gasteiger partial charge in [0.1, 0.15) is 0 Å². The van der Waals surface area contributed by atoms with Crippen LogP contribution in [0.25, 0.3) is 6.08 Å². The summed E-state index contributed by atoms with van der Waals surface area (Å²) in [7, 11) is 5.79. The maximum atomic E-state index is 14.0. The summed E-state index contributed by atoms with van der Waals surface area (Å²) in [5.41, 5.74) is 0.741. The van der Waals surface area contributed by atoms with Crippen LogP contribution in [0.1, 0.15) is 22.8 Å². The number of hydrogen-bond acceptors (Lipinski definition) is 6. The van der Waals surface area contributed by atoms with Gasteiger partial charge in [-0.1, -0.05) is 6.07 Å². The smallest absolute Gasteiger partial charge is 0.227 e. The van der Waals surface area contributed by atoms with Gasteiger partial charge in [0.15, 0.2) is 28.8 Å². The van der Waals surface area contributed by atoms with E-state index in [1.54, 1.807) is 13.0 Å². The lowest BCUT2D eigenvalue weighted by Gasteiger charge is -2.14. The molecule has 2 aromatic rings. The Labute approximate surface area is 163 Å². The summed E-state index contributed by atoms with van der Waals surface area (Å²) in [6, 6.07) is 7.44. The van der Waals surface area contributed by atoms with Crippen LogP contribution < -0.4 is 18.9 Å². The highest BCUT2D eigenvalue weighted by atomic mass is 19.1. The molecule has 6 nitrogen and oxygen atoms in total. The third-order valence-electron chi connectivity index (χ3n) is 3.92. The highest BCUT2D eigenvalue weighted by molar-refractivity contribution is 6.10. The monoisotopic (exact) mass is 390 g/mol. The average Bonchev–Trinajstić information content (AvgIpc) is 2.71. The van der Waals surface area contributed by atoms with E-state index in [1.807, 2.05) is 0 Å². The topological polar surface area (TPSA) is 63.2 Å². The van der Waals surface area contributed by atoms with Crippen molar-refractivity contribution < 1.29 is 32.9 Å². The molecule has 28 heavy (non-hydrogen) atoms. The number of ketones is 1. The van der Waals surface area contributed by atoms with Gasteiger partial charge in [0, 0.05) is 5.56 Å². The first-order valence-electron chi connectivity index (χ1n) is 8.51. The van der Waals surface area contributed by atoms with Crippen LogP contribution >= 0.6 is 0 Å². The molecule has 0 saturated heterocycles. The Kier molecular flexibility index (Phi) is 7.26. The van der Waals surface area contributed by atoms with Gasteiger partial charge in [-0.15, -0.1) is 0 Å². The second-order valence-corrected chi connectivity index (χ2v) is 5.58. The Hall–Kier alpha value is -3.22. The van der Waals surface area contributed by atoms with E-state index >= 15 is 0 Å². The van der Waals surface area contributed by atoms with Gasteiger partial charge >= 0.3 is 0 Å². The van der Waals surface area contributed by atoms with Crippen molar-refractivity contribution >= 4 is 11.9 Å². The van der Waals surface area contributed by atoms with Crippen molar-refractivity contribution in [2.45, 2.75) is 6.92 Å². The van der Waals surface area contributed by atoms with E-state index in [2.05, 4.69) is 0 Å². The van der Waals surface area contributed by atoms with E-state index in [9.17, 15) is 9.18 Å². The Bertz CT molecular complexity index is 850. The van der Waals surface area contributed by atoms with Crippen LogP contribution in [0.2, 0.25) is 0 Å². The molecule has 0 atom stereocenters. The molecule has 150 valence electrons. The predicted molar refractivity (Wildman–Crippen MR) is 103 cm³/mol. The quantitative estimate of drug-likeness (QED) is 0.365. The Balaban J connectivity index is 2.49. The molecule has 0 bridgehead atoms. The zero-order valence-corrected chi connectivity index (χ0v) is 16.5. The maximum Gasteiger partial charge on any atom is 0.227 e. The summed E-state index contributed by atoms with van der Waals surface area (Å²) in [5.74, 6) is 0.297. The van der Waals surface area contributed by atoms with Crippen LogP contribution in [0, 0.1) is 5.82 Å². The molecule has 0 amide bonds. The number of carbonyl (C=O) groups is 1. The van der Waals surface area contributed by atoms with Crippen LogP contribution in [0.15, 0.2) is 36.1 Å². The van der Waals surface area contributed by atoms with Crippen molar-refractivity contribution in [2.24, 2.45) is 0 Å². The molecule has 0 radical (unpaired) electrons. The van der Waals surface area contributed by atoms with Crippen LogP contribution in [0.4, 0.5) is 4.39 Å². The molecule has 0 saturated carbocycles. The number of rotatable bonds is 9. The fraction of sp³-hybridized carbons (Fsp3) is 0.286. The molecule has 7 heteroatoms. The van der Waals surface area contributed by atoms with Crippen LogP contribution in [-0.4, -0.2) is 40.8 Å². The van der Waals surface area contributed by atoms with E-state index in [-0.39, 0.29) is 23.7 Å². The number of ether oxygens (including phenoxy) is 5. The van der Waals surface area contributed by atoms with E-state index in [4.69, 9.17) is 23.7 Å². The molecule has 2 rings (SSSR count). The zero-order chi connectivity index (χ0) is 20.7. The van der Waals surface area contributed by atoms with Crippen molar-refractivity contribution in [1.29, 1.82) is 0 Å². The Morgan fingerprint density at radius 1 is 0.929 bits per heavy atom. The minimum Gasteiger partial charge on any atom is -0.494 e. The molecule has 0 fully saturated rings. The van der Waals surface area contributed by atoms with E-state index in [0.717, 1.165) is 0 Å². The van der Waals surface area contributed by atoms with Gasteiger partial charge in [-0.05, 0) is 42.8 Å². The number of halogens is 1. The maximum absolute atomic E-state index is 14.0. The van der Waals surface area contributed by atoms with Gasteiger partial charge < -0.3 is 23.7 Å². The lowest BCUT2D eigenvalue weighted by atomic mass is 10.1. The summed E-state index contributed by atoms with van der Waals surface area (Å²) in [5, 5.41) is 0. The number of Topliss-reactive ketones (excluding diaryl/α,β-unsaturated/α-hetero) is 1. The van der Waals surface area contributed by atoms with Crippen molar-refractivity contribution in [2.75, 3.05) is 35.0 Å². The molecule has 0 heterocycles. The summed E-state index contributed by atoms with van der Waals surface area (Å²) in [4.78, 5) is 13.0. The molecule has 2 aromatic carbocycles.